The van der Waals surface area contributed by atoms with Crippen LogP contribution in [0.5, 0.6) is 0 Å². The van der Waals surface area contributed by atoms with Crippen molar-refractivity contribution in [3.63, 3.8) is 0 Å². The van der Waals surface area contributed by atoms with Crippen molar-refractivity contribution in [3.05, 3.63) is 23.3 Å². The van der Waals surface area contributed by atoms with E-state index in [0.717, 1.165) is 11.4 Å². The minimum Gasteiger partial charge on any atom is -0.383 e. The number of rotatable bonds is 2. The van der Waals surface area contributed by atoms with E-state index >= 15 is 0 Å². The van der Waals surface area contributed by atoms with Crippen molar-refractivity contribution in [3.8, 4) is 0 Å². The van der Waals surface area contributed by atoms with E-state index < -0.39 is 5.91 Å². The average Bonchev–Trinajstić information content (AvgIpc) is 2.24. The molecule has 1 aliphatic heterocycles. The minimum absolute atomic E-state index is 0.118. The van der Waals surface area contributed by atoms with Crippen LogP contribution in [0.1, 0.15) is 13.3 Å². The normalized spacial score (nSPS) is 18.6. The van der Waals surface area contributed by atoms with Gasteiger partial charge in [0.1, 0.15) is 17.2 Å². The minimum atomic E-state index is -0.526. The molecule has 0 atom stereocenters. The first-order valence-corrected chi connectivity index (χ1v) is 4.41. The molecule has 0 bridgehead atoms. The SMILES string of the molecule is CC/C=C1/N=CC(C(=O)NN)=C(N)N1N. The topological polar surface area (TPSA) is 123 Å². The molecule has 7 nitrogen and oxygen atoms in total. The highest BCUT2D eigenvalue weighted by molar-refractivity contribution is 6.13. The Balaban J connectivity index is 3.02. The number of allylic oxidation sites excluding steroid dienone is 1. The fourth-order valence-corrected chi connectivity index (χ4v) is 1.10. The molecule has 1 rings (SSSR count). The van der Waals surface area contributed by atoms with E-state index in [-0.39, 0.29) is 11.4 Å². The predicted octanol–water partition coefficient (Wildman–Crippen LogP) is -1.34. The molecular formula is C8H14N6O. The summed E-state index contributed by atoms with van der Waals surface area (Å²) in [6.45, 7) is 1.94. The van der Waals surface area contributed by atoms with Crippen LogP contribution in [0.3, 0.4) is 0 Å². The van der Waals surface area contributed by atoms with Crippen LogP contribution >= 0.6 is 0 Å². The Morgan fingerprint density at radius 2 is 2.40 bits per heavy atom. The van der Waals surface area contributed by atoms with Gasteiger partial charge in [0, 0.05) is 6.21 Å². The van der Waals surface area contributed by atoms with Crippen LogP contribution in [0.25, 0.3) is 0 Å². The number of amides is 1. The Kier molecular flexibility index (Phi) is 3.42. The number of hydrazine groups is 2. The summed E-state index contributed by atoms with van der Waals surface area (Å²) >= 11 is 0. The maximum atomic E-state index is 11.2. The van der Waals surface area contributed by atoms with Crippen LogP contribution in [0.2, 0.25) is 0 Å². The smallest absolute Gasteiger partial charge is 0.270 e. The summed E-state index contributed by atoms with van der Waals surface area (Å²) in [6, 6.07) is 0. The molecular weight excluding hydrogens is 196 g/mol. The first-order chi connectivity index (χ1) is 7.11. The second-order valence-corrected chi connectivity index (χ2v) is 2.87. The summed E-state index contributed by atoms with van der Waals surface area (Å²) in [4.78, 5) is 15.2. The molecule has 82 valence electrons. The molecule has 0 spiro atoms. The highest BCUT2D eigenvalue weighted by Gasteiger charge is 2.20. The molecule has 0 unspecified atom stereocenters. The molecule has 0 aromatic heterocycles. The summed E-state index contributed by atoms with van der Waals surface area (Å²) in [6.07, 6.45) is 3.90. The van der Waals surface area contributed by atoms with Crippen LogP contribution in [-0.2, 0) is 4.79 Å². The summed E-state index contributed by atoms with van der Waals surface area (Å²) in [5.41, 5.74) is 7.76. The molecule has 0 radical (unpaired) electrons. The van der Waals surface area contributed by atoms with E-state index in [1.807, 2.05) is 12.3 Å². The molecule has 15 heavy (non-hydrogen) atoms. The van der Waals surface area contributed by atoms with E-state index in [1.54, 1.807) is 6.08 Å². The molecule has 1 aliphatic rings. The van der Waals surface area contributed by atoms with Gasteiger partial charge in [0.05, 0.1) is 0 Å². The molecule has 0 aliphatic carbocycles. The summed E-state index contributed by atoms with van der Waals surface area (Å²) < 4.78 is 0. The predicted molar refractivity (Wildman–Crippen MR) is 56.4 cm³/mol. The third-order valence-electron chi connectivity index (χ3n) is 1.87. The third-order valence-corrected chi connectivity index (χ3v) is 1.87. The van der Waals surface area contributed by atoms with Crippen molar-refractivity contribution in [2.45, 2.75) is 13.3 Å². The van der Waals surface area contributed by atoms with Gasteiger partial charge in [-0.15, -0.1) is 0 Å². The number of aliphatic imine (C=N–C) groups is 1. The lowest BCUT2D eigenvalue weighted by Gasteiger charge is -2.23. The lowest BCUT2D eigenvalue weighted by molar-refractivity contribution is -0.117. The van der Waals surface area contributed by atoms with Crippen LogP contribution < -0.4 is 22.8 Å². The molecule has 0 aromatic carbocycles. The van der Waals surface area contributed by atoms with E-state index in [4.69, 9.17) is 17.4 Å². The number of carbonyl (C=O) groups excluding carboxylic acids is 1. The van der Waals surface area contributed by atoms with Crippen LogP contribution in [0, 0.1) is 0 Å². The van der Waals surface area contributed by atoms with Crippen molar-refractivity contribution in [2.75, 3.05) is 0 Å². The van der Waals surface area contributed by atoms with Gasteiger partial charge in [0.25, 0.3) is 5.91 Å². The van der Waals surface area contributed by atoms with Crippen molar-refractivity contribution in [1.82, 2.24) is 10.4 Å². The fraction of sp³-hybridized carbons (Fsp3) is 0.250. The Labute approximate surface area is 87.2 Å². The van der Waals surface area contributed by atoms with Gasteiger partial charge >= 0.3 is 0 Å². The quantitative estimate of drug-likeness (QED) is 0.255. The Hall–Kier alpha value is -1.86. The van der Waals surface area contributed by atoms with Gasteiger partial charge in [-0.3, -0.25) is 10.2 Å². The first kappa shape index (κ1) is 11.2. The van der Waals surface area contributed by atoms with E-state index in [9.17, 15) is 4.79 Å². The molecule has 0 saturated heterocycles. The van der Waals surface area contributed by atoms with Gasteiger partial charge in [-0.2, -0.15) is 0 Å². The van der Waals surface area contributed by atoms with Crippen LogP contribution in [0.4, 0.5) is 0 Å². The van der Waals surface area contributed by atoms with Crippen LogP contribution in [-0.4, -0.2) is 17.1 Å². The van der Waals surface area contributed by atoms with Crippen molar-refractivity contribution in [2.24, 2.45) is 22.4 Å². The second kappa shape index (κ2) is 4.58. The molecule has 0 fully saturated rings. The van der Waals surface area contributed by atoms with Crippen molar-refractivity contribution < 1.29 is 4.79 Å². The maximum Gasteiger partial charge on any atom is 0.270 e. The second-order valence-electron chi connectivity index (χ2n) is 2.87. The average molecular weight is 210 g/mol. The monoisotopic (exact) mass is 210 g/mol. The number of nitrogens with zero attached hydrogens (tertiary/aromatic N) is 2. The number of carbonyl (C=O) groups is 1. The van der Waals surface area contributed by atoms with Gasteiger partial charge in [0.15, 0.2) is 0 Å². The third kappa shape index (κ3) is 2.14. The van der Waals surface area contributed by atoms with Gasteiger partial charge in [-0.25, -0.2) is 21.7 Å². The molecule has 1 amide bonds. The standard InChI is InChI=1S/C8H14N6O/c1-2-3-6-12-4-5(8(15)13-10)7(9)14(6)11/h3-4H,2,9-11H2,1H3,(H,13,15)/b6-3-. The van der Waals surface area contributed by atoms with Gasteiger partial charge < -0.3 is 5.73 Å². The zero-order valence-electron chi connectivity index (χ0n) is 8.40. The number of hydrogen-bond donors (Lipinski definition) is 4. The largest absolute Gasteiger partial charge is 0.383 e. The number of nitrogens with two attached hydrogens (primary N) is 3. The number of hydrogen-bond acceptors (Lipinski definition) is 6. The van der Waals surface area contributed by atoms with Gasteiger partial charge in [-0.1, -0.05) is 6.92 Å². The lowest BCUT2D eigenvalue weighted by Crippen LogP contribution is -2.41. The lowest BCUT2D eigenvalue weighted by atomic mass is 10.2. The highest BCUT2D eigenvalue weighted by Crippen LogP contribution is 2.14. The highest BCUT2D eigenvalue weighted by atomic mass is 16.2. The fourth-order valence-electron chi connectivity index (χ4n) is 1.10. The Morgan fingerprint density at radius 1 is 1.73 bits per heavy atom. The van der Waals surface area contributed by atoms with Gasteiger partial charge in [0.2, 0.25) is 0 Å². The molecule has 7 N–H and O–H groups in total. The zero-order chi connectivity index (χ0) is 11.4. The first-order valence-electron chi connectivity index (χ1n) is 4.41. The van der Waals surface area contributed by atoms with Gasteiger partial charge in [-0.05, 0) is 12.5 Å². The summed E-state index contributed by atoms with van der Waals surface area (Å²) in [5.74, 6) is 10.7. The van der Waals surface area contributed by atoms with Crippen molar-refractivity contribution >= 4 is 12.1 Å². The Bertz CT molecular complexity index is 356. The van der Waals surface area contributed by atoms with Crippen molar-refractivity contribution in [1.29, 1.82) is 0 Å². The van der Waals surface area contributed by atoms with E-state index in [0.29, 0.717) is 5.82 Å². The summed E-state index contributed by atoms with van der Waals surface area (Å²) in [7, 11) is 0. The molecule has 0 aromatic rings. The molecule has 7 heteroatoms. The molecule has 1 heterocycles. The Morgan fingerprint density at radius 3 is 2.93 bits per heavy atom. The van der Waals surface area contributed by atoms with E-state index in [2.05, 4.69) is 4.99 Å². The van der Waals surface area contributed by atoms with E-state index in [1.165, 1.54) is 6.21 Å². The number of nitrogens with one attached hydrogen (secondary N) is 1. The molecule has 0 saturated carbocycles. The maximum absolute atomic E-state index is 11.2. The summed E-state index contributed by atoms with van der Waals surface area (Å²) in [5, 5.41) is 1.15. The zero-order valence-corrected chi connectivity index (χ0v) is 8.40. The van der Waals surface area contributed by atoms with Crippen LogP contribution in [0.15, 0.2) is 28.3 Å².